The third kappa shape index (κ3) is 4.38. The SMILES string of the molecule is CCc1ccc(C(C)NC(CCO)C(C)(C)C)s1. The molecule has 0 aromatic carbocycles. The fourth-order valence-electron chi connectivity index (χ4n) is 2.10. The van der Waals surface area contributed by atoms with Gasteiger partial charge in [-0.1, -0.05) is 27.7 Å². The quantitative estimate of drug-likeness (QED) is 0.824. The molecule has 2 nitrogen and oxygen atoms in total. The van der Waals surface area contributed by atoms with Crippen molar-refractivity contribution in [1.29, 1.82) is 0 Å². The molecule has 0 saturated carbocycles. The van der Waals surface area contributed by atoms with Gasteiger partial charge >= 0.3 is 0 Å². The van der Waals surface area contributed by atoms with E-state index in [0.717, 1.165) is 12.8 Å². The van der Waals surface area contributed by atoms with Gasteiger partial charge < -0.3 is 10.4 Å². The van der Waals surface area contributed by atoms with E-state index >= 15 is 0 Å². The van der Waals surface area contributed by atoms with Crippen molar-refractivity contribution in [3.8, 4) is 0 Å². The first kappa shape index (κ1) is 15.7. The van der Waals surface area contributed by atoms with Crippen molar-refractivity contribution >= 4 is 11.3 Å². The van der Waals surface area contributed by atoms with Gasteiger partial charge in [-0.05, 0) is 37.3 Å². The molecule has 0 fully saturated rings. The van der Waals surface area contributed by atoms with E-state index in [2.05, 4.69) is 52.1 Å². The smallest absolute Gasteiger partial charge is 0.0446 e. The monoisotopic (exact) mass is 269 g/mol. The molecule has 0 radical (unpaired) electrons. The van der Waals surface area contributed by atoms with E-state index < -0.39 is 0 Å². The molecule has 0 aliphatic rings. The number of hydrogen-bond donors (Lipinski definition) is 2. The molecule has 1 aromatic rings. The van der Waals surface area contributed by atoms with Gasteiger partial charge in [0.2, 0.25) is 0 Å². The largest absolute Gasteiger partial charge is 0.396 e. The minimum atomic E-state index is 0.168. The molecule has 1 rings (SSSR count). The number of thiophene rings is 1. The van der Waals surface area contributed by atoms with E-state index in [9.17, 15) is 5.11 Å². The van der Waals surface area contributed by atoms with Crippen LogP contribution in [0.1, 0.15) is 56.8 Å². The van der Waals surface area contributed by atoms with Crippen molar-refractivity contribution in [2.75, 3.05) is 6.61 Å². The summed E-state index contributed by atoms with van der Waals surface area (Å²) in [6.07, 6.45) is 1.91. The Bertz CT molecular complexity index is 354. The van der Waals surface area contributed by atoms with Crippen molar-refractivity contribution in [1.82, 2.24) is 5.32 Å². The molecule has 0 amide bonds. The van der Waals surface area contributed by atoms with Gasteiger partial charge in [0.1, 0.15) is 0 Å². The van der Waals surface area contributed by atoms with Crippen molar-refractivity contribution in [2.45, 2.75) is 59.5 Å². The molecule has 0 aliphatic heterocycles. The van der Waals surface area contributed by atoms with Crippen LogP contribution in [0.3, 0.4) is 0 Å². The van der Waals surface area contributed by atoms with E-state index in [4.69, 9.17) is 0 Å². The Morgan fingerprint density at radius 2 is 2.00 bits per heavy atom. The molecule has 1 heterocycles. The zero-order chi connectivity index (χ0) is 13.8. The third-order valence-corrected chi connectivity index (χ3v) is 4.78. The highest BCUT2D eigenvalue weighted by atomic mass is 32.1. The topological polar surface area (TPSA) is 32.3 Å². The van der Waals surface area contributed by atoms with Gasteiger partial charge in [0, 0.05) is 28.4 Å². The van der Waals surface area contributed by atoms with E-state index in [1.54, 1.807) is 0 Å². The maximum absolute atomic E-state index is 9.19. The fourth-order valence-corrected chi connectivity index (χ4v) is 3.06. The highest BCUT2D eigenvalue weighted by molar-refractivity contribution is 7.12. The Morgan fingerprint density at radius 1 is 1.33 bits per heavy atom. The normalized spacial score (nSPS) is 15.7. The van der Waals surface area contributed by atoms with E-state index in [0.29, 0.717) is 12.1 Å². The second-order valence-electron chi connectivity index (χ2n) is 5.98. The average Bonchev–Trinajstić information content (AvgIpc) is 2.75. The molecule has 0 aliphatic carbocycles. The third-order valence-electron chi connectivity index (χ3n) is 3.37. The lowest BCUT2D eigenvalue weighted by molar-refractivity contribution is 0.188. The number of aliphatic hydroxyl groups excluding tert-OH is 1. The van der Waals surface area contributed by atoms with Gasteiger partial charge in [-0.25, -0.2) is 0 Å². The van der Waals surface area contributed by atoms with Crippen LogP contribution in [0.4, 0.5) is 0 Å². The zero-order valence-electron chi connectivity index (χ0n) is 12.3. The lowest BCUT2D eigenvalue weighted by atomic mass is 9.84. The molecule has 3 heteroatoms. The van der Waals surface area contributed by atoms with Crippen molar-refractivity contribution in [3.63, 3.8) is 0 Å². The van der Waals surface area contributed by atoms with Crippen LogP contribution in [0.5, 0.6) is 0 Å². The minimum Gasteiger partial charge on any atom is -0.396 e. The van der Waals surface area contributed by atoms with Gasteiger partial charge in [-0.2, -0.15) is 0 Å². The van der Waals surface area contributed by atoms with E-state index in [-0.39, 0.29) is 12.0 Å². The van der Waals surface area contributed by atoms with Crippen LogP contribution in [0, 0.1) is 5.41 Å². The van der Waals surface area contributed by atoms with Crippen molar-refractivity contribution in [3.05, 3.63) is 21.9 Å². The van der Waals surface area contributed by atoms with Crippen LogP contribution in [0.15, 0.2) is 12.1 Å². The van der Waals surface area contributed by atoms with Crippen LogP contribution in [0.2, 0.25) is 0 Å². The first-order valence-electron chi connectivity index (χ1n) is 6.84. The van der Waals surface area contributed by atoms with Crippen molar-refractivity contribution in [2.24, 2.45) is 5.41 Å². The lowest BCUT2D eigenvalue weighted by Crippen LogP contribution is -2.42. The summed E-state index contributed by atoms with van der Waals surface area (Å²) in [5.74, 6) is 0. The molecule has 0 bridgehead atoms. The van der Waals surface area contributed by atoms with Gasteiger partial charge in [-0.3, -0.25) is 0 Å². The van der Waals surface area contributed by atoms with Crippen LogP contribution in [-0.2, 0) is 6.42 Å². The Morgan fingerprint density at radius 3 is 2.44 bits per heavy atom. The number of aryl methyl sites for hydroxylation is 1. The maximum atomic E-state index is 9.19. The van der Waals surface area contributed by atoms with Crippen LogP contribution >= 0.6 is 11.3 Å². The second kappa shape index (κ2) is 6.69. The maximum Gasteiger partial charge on any atom is 0.0446 e. The molecule has 1 aromatic heterocycles. The predicted octanol–water partition coefficient (Wildman–Crippen LogP) is 3.76. The average molecular weight is 269 g/mol. The van der Waals surface area contributed by atoms with Crippen molar-refractivity contribution < 1.29 is 5.11 Å². The summed E-state index contributed by atoms with van der Waals surface area (Å²) in [4.78, 5) is 2.83. The molecular formula is C15H27NOS. The van der Waals surface area contributed by atoms with Crippen LogP contribution in [0.25, 0.3) is 0 Å². The summed E-state index contributed by atoms with van der Waals surface area (Å²) in [5, 5.41) is 12.9. The minimum absolute atomic E-state index is 0.168. The van der Waals surface area contributed by atoms with Gasteiger partial charge in [0.05, 0.1) is 0 Å². The summed E-state index contributed by atoms with van der Waals surface area (Å²) < 4.78 is 0. The fraction of sp³-hybridized carbons (Fsp3) is 0.733. The molecule has 18 heavy (non-hydrogen) atoms. The Balaban J connectivity index is 2.68. The Kier molecular flexibility index (Phi) is 5.83. The van der Waals surface area contributed by atoms with Gasteiger partial charge in [0.15, 0.2) is 0 Å². The first-order valence-corrected chi connectivity index (χ1v) is 7.65. The molecular weight excluding hydrogens is 242 g/mol. The zero-order valence-corrected chi connectivity index (χ0v) is 13.1. The molecule has 2 unspecified atom stereocenters. The summed E-state index contributed by atoms with van der Waals surface area (Å²) in [7, 11) is 0. The summed E-state index contributed by atoms with van der Waals surface area (Å²) in [6.45, 7) is 11.3. The standard InChI is InChI=1S/C15H27NOS/c1-6-12-7-8-13(18-12)11(2)16-14(9-10-17)15(3,4)5/h7-8,11,14,16-17H,6,9-10H2,1-5H3. The highest BCUT2D eigenvalue weighted by Gasteiger charge is 2.25. The number of nitrogens with one attached hydrogen (secondary N) is 1. The highest BCUT2D eigenvalue weighted by Crippen LogP contribution is 2.28. The Hall–Kier alpha value is -0.380. The molecule has 0 spiro atoms. The first-order chi connectivity index (χ1) is 8.38. The van der Waals surface area contributed by atoms with E-state index in [1.165, 1.54) is 9.75 Å². The number of hydrogen-bond acceptors (Lipinski definition) is 3. The number of rotatable bonds is 6. The lowest BCUT2D eigenvalue weighted by Gasteiger charge is -2.33. The molecule has 0 saturated heterocycles. The number of aliphatic hydroxyl groups is 1. The Labute approximate surface area is 115 Å². The summed E-state index contributed by atoms with van der Waals surface area (Å²) in [5.41, 5.74) is 0.168. The van der Waals surface area contributed by atoms with Gasteiger partial charge in [-0.15, -0.1) is 11.3 Å². The van der Waals surface area contributed by atoms with Crippen LogP contribution in [-0.4, -0.2) is 17.8 Å². The van der Waals surface area contributed by atoms with Gasteiger partial charge in [0.25, 0.3) is 0 Å². The van der Waals surface area contributed by atoms with E-state index in [1.807, 2.05) is 11.3 Å². The van der Waals surface area contributed by atoms with Crippen LogP contribution < -0.4 is 5.32 Å². The summed E-state index contributed by atoms with van der Waals surface area (Å²) >= 11 is 1.89. The second-order valence-corrected chi connectivity index (χ2v) is 7.18. The molecule has 104 valence electrons. The molecule has 2 atom stereocenters. The summed E-state index contributed by atoms with van der Waals surface area (Å²) in [6, 6.07) is 5.13. The predicted molar refractivity (Wildman–Crippen MR) is 80.2 cm³/mol. The molecule has 2 N–H and O–H groups in total.